The molecule has 1 atom stereocenters. The summed E-state index contributed by atoms with van der Waals surface area (Å²) < 4.78 is 5.35. The molecule has 5 nitrogen and oxygen atoms in total. The average molecular weight is 304 g/mol. The Morgan fingerprint density at radius 3 is 2.59 bits per heavy atom. The van der Waals surface area contributed by atoms with Crippen molar-refractivity contribution >= 4 is 27.8 Å². The van der Waals surface area contributed by atoms with Crippen molar-refractivity contribution in [2.75, 3.05) is 0 Å². The second-order valence-corrected chi connectivity index (χ2v) is 4.91. The third kappa shape index (κ3) is 4.22. The molecular weight excluding hydrogens is 290 g/mol. The summed E-state index contributed by atoms with van der Waals surface area (Å²) in [7, 11) is 0. The number of furan rings is 1. The molecule has 94 valence electrons. The summed E-state index contributed by atoms with van der Waals surface area (Å²) in [5, 5.41) is 11.4. The number of hydrogen-bond donors (Lipinski definition) is 2. The molecule has 0 aliphatic rings. The van der Waals surface area contributed by atoms with E-state index in [1.165, 1.54) is 12.3 Å². The Kier molecular flexibility index (Phi) is 4.74. The second kappa shape index (κ2) is 5.86. The van der Waals surface area contributed by atoms with Crippen LogP contribution in [0.1, 0.15) is 30.6 Å². The Labute approximate surface area is 107 Å². The molecule has 1 rings (SSSR count). The van der Waals surface area contributed by atoms with Gasteiger partial charge in [0.25, 0.3) is 5.91 Å². The Morgan fingerprint density at radius 1 is 1.53 bits per heavy atom. The van der Waals surface area contributed by atoms with Gasteiger partial charge in [-0.1, -0.05) is 13.8 Å². The fraction of sp³-hybridized carbons (Fsp3) is 0.455. The van der Waals surface area contributed by atoms with E-state index in [9.17, 15) is 9.59 Å². The lowest BCUT2D eigenvalue weighted by Gasteiger charge is -2.15. The number of rotatable bonds is 5. The summed E-state index contributed by atoms with van der Waals surface area (Å²) in [6, 6.07) is 0.611. The van der Waals surface area contributed by atoms with Crippen LogP contribution in [0.2, 0.25) is 0 Å². The fourth-order valence-corrected chi connectivity index (χ4v) is 1.70. The van der Waals surface area contributed by atoms with E-state index in [1.54, 1.807) is 0 Å². The Hall–Kier alpha value is -1.30. The van der Waals surface area contributed by atoms with E-state index in [2.05, 4.69) is 21.2 Å². The van der Waals surface area contributed by atoms with Gasteiger partial charge < -0.3 is 14.8 Å². The van der Waals surface area contributed by atoms with Gasteiger partial charge in [-0.3, -0.25) is 4.79 Å². The maximum absolute atomic E-state index is 11.7. The first kappa shape index (κ1) is 13.8. The minimum atomic E-state index is -1.03. The number of aliphatic carboxylic acids is 1. The van der Waals surface area contributed by atoms with Crippen LogP contribution in [-0.4, -0.2) is 23.0 Å². The van der Waals surface area contributed by atoms with E-state index in [-0.39, 0.29) is 5.92 Å². The Morgan fingerprint density at radius 2 is 2.18 bits per heavy atom. The van der Waals surface area contributed by atoms with E-state index in [0.29, 0.717) is 16.7 Å². The number of amides is 1. The van der Waals surface area contributed by atoms with E-state index in [1.807, 2.05) is 13.8 Å². The Balaban J connectivity index is 2.67. The molecule has 0 bridgehead atoms. The molecule has 6 heteroatoms. The fourth-order valence-electron chi connectivity index (χ4n) is 1.36. The molecule has 1 aromatic heterocycles. The minimum absolute atomic E-state index is 0.187. The van der Waals surface area contributed by atoms with Crippen molar-refractivity contribution in [1.82, 2.24) is 5.32 Å². The van der Waals surface area contributed by atoms with Crippen LogP contribution in [0.15, 0.2) is 21.4 Å². The van der Waals surface area contributed by atoms with Gasteiger partial charge in [0.15, 0.2) is 4.67 Å². The van der Waals surface area contributed by atoms with E-state index in [4.69, 9.17) is 9.52 Å². The molecule has 0 saturated carbocycles. The molecule has 0 radical (unpaired) electrons. The predicted molar refractivity (Wildman–Crippen MR) is 64.8 cm³/mol. The summed E-state index contributed by atoms with van der Waals surface area (Å²) in [5.74, 6) is -1.30. The van der Waals surface area contributed by atoms with Gasteiger partial charge in [-0.2, -0.15) is 0 Å². The molecule has 1 amide bonds. The van der Waals surface area contributed by atoms with Crippen LogP contribution in [0.4, 0.5) is 0 Å². The van der Waals surface area contributed by atoms with Crippen LogP contribution in [0.5, 0.6) is 0 Å². The highest BCUT2D eigenvalue weighted by Crippen LogP contribution is 2.14. The summed E-state index contributed by atoms with van der Waals surface area (Å²) >= 11 is 3.07. The minimum Gasteiger partial charge on any atom is -0.480 e. The highest BCUT2D eigenvalue weighted by atomic mass is 79.9. The molecule has 0 unspecified atom stereocenters. The van der Waals surface area contributed by atoms with Gasteiger partial charge >= 0.3 is 5.97 Å². The molecule has 0 aromatic carbocycles. The first-order valence-electron chi connectivity index (χ1n) is 5.18. The number of carbonyl (C=O) groups is 2. The summed E-state index contributed by atoms with van der Waals surface area (Å²) in [6.45, 7) is 3.80. The monoisotopic (exact) mass is 303 g/mol. The molecule has 1 aromatic rings. The molecule has 0 spiro atoms. The van der Waals surface area contributed by atoms with Gasteiger partial charge in [0.1, 0.15) is 12.3 Å². The molecule has 0 fully saturated rings. The summed E-state index contributed by atoms with van der Waals surface area (Å²) in [6.07, 6.45) is 1.66. The molecule has 0 aliphatic heterocycles. The van der Waals surface area contributed by atoms with Crippen LogP contribution in [0.3, 0.4) is 0 Å². The number of carbonyl (C=O) groups excluding carboxylic acids is 1. The lowest BCUT2D eigenvalue weighted by Crippen LogP contribution is -2.41. The first-order valence-corrected chi connectivity index (χ1v) is 5.97. The lowest BCUT2D eigenvalue weighted by molar-refractivity contribution is -0.139. The van der Waals surface area contributed by atoms with Crippen molar-refractivity contribution in [2.24, 2.45) is 5.92 Å². The summed E-state index contributed by atoms with van der Waals surface area (Å²) in [5.41, 5.74) is 0.298. The van der Waals surface area contributed by atoms with Gasteiger partial charge in [0.2, 0.25) is 0 Å². The van der Waals surface area contributed by atoms with E-state index < -0.39 is 17.9 Å². The van der Waals surface area contributed by atoms with Gasteiger partial charge in [-0.25, -0.2) is 4.79 Å². The van der Waals surface area contributed by atoms with Crippen molar-refractivity contribution < 1.29 is 19.1 Å². The SMILES string of the molecule is CC(C)C[C@H](NC(=O)c1coc(Br)c1)C(=O)O. The molecule has 2 N–H and O–H groups in total. The maximum atomic E-state index is 11.7. The normalized spacial score (nSPS) is 12.5. The summed E-state index contributed by atoms with van der Waals surface area (Å²) in [4.78, 5) is 22.7. The lowest BCUT2D eigenvalue weighted by atomic mass is 10.0. The number of carboxylic acids is 1. The topological polar surface area (TPSA) is 79.5 Å². The Bertz CT molecular complexity index is 413. The molecular formula is C11H14BrNO4. The third-order valence-electron chi connectivity index (χ3n) is 2.14. The standard InChI is InChI=1S/C11H14BrNO4/c1-6(2)3-8(11(15)16)13-10(14)7-4-9(12)17-5-7/h4-6,8H,3H2,1-2H3,(H,13,14)(H,15,16)/t8-/m0/s1. The quantitative estimate of drug-likeness (QED) is 0.874. The number of carboxylic acid groups (broad SMARTS) is 1. The smallest absolute Gasteiger partial charge is 0.326 e. The zero-order valence-electron chi connectivity index (χ0n) is 9.57. The van der Waals surface area contributed by atoms with Gasteiger partial charge in [-0.15, -0.1) is 0 Å². The van der Waals surface area contributed by atoms with Crippen molar-refractivity contribution in [1.29, 1.82) is 0 Å². The highest BCUT2D eigenvalue weighted by Gasteiger charge is 2.22. The zero-order chi connectivity index (χ0) is 13.0. The van der Waals surface area contributed by atoms with Crippen LogP contribution in [0, 0.1) is 5.92 Å². The first-order chi connectivity index (χ1) is 7.90. The predicted octanol–water partition coefficient (Wildman–Crippen LogP) is 2.27. The van der Waals surface area contributed by atoms with Crippen molar-refractivity contribution in [2.45, 2.75) is 26.3 Å². The van der Waals surface area contributed by atoms with E-state index >= 15 is 0 Å². The van der Waals surface area contributed by atoms with Crippen LogP contribution >= 0.6 is 15.9 Å². The molecule has 0 saturated heterocycles. The number of hydrogen-bond acceptors (Lipinski definition) is 3. The molecule has 1 heterocycles. The largest absolute Gasteiger partial charge is 0.480 e. The number of halogens is 1. The number of nitrogens with one attached hydrogen (secondary N) is 1. The molecule has 17 heavy (non-hydrogen) atoms. The van der Waals surface area contributed by atoms with Crippen LogP contribution < -0.4 is 5.32 Å². The van der Waals surface area contributed by atoms with Gasteiger partial charge in [0, 0.05) is 6.07 Å². The highest BCUT2D eigenvalue weighted by molar-refractivity contribution is 9.10. The van der Waals surface area contributed by atoms with Crippen molar-refractivity contribution in [3.05, 3.63) is 22.6 Å². The van der Waals surface area contributed by atoms with Crippen molar-refractivity contribution in [3.63, 3.8) is 0 Å². The van der Waals surface area contributed by atoms with E-state index in [0.717, 1.165) is 0 Å². The second-order valence-electron chi connectivity index (χ2n) is 4.13. The van der Waals surface area contributed by atoms with Crippen LogP contribution in [0.25, 0.3) is 0 Å². The average Bonchev–Trinajstić information content (AvgIpc) is 2.63. The van der Waals surface area contributed by atoms with Gasteiger partial charge in [-0.05, 0) is 28.3 Å². The molecule has 0 aliphatic carbocycles. The maximum Gasteiger partial charge on any atom is 0.326 e. The zero-order valence-corrected chi connectivity index (χ0v) is 11.2. The van der Waals surface area contributed by atoms with Gasteiger partial charge in [0.05, 0.1) is 5.56 Å². The van der Waals surface area contributed by atoms with Crippen LogP contribution in [-0.2, 0) is 4.79 Å². The van der Waals surface area contributed by atoms with Crippen molar-refractivity contribution in [3.8, 4) is 0 Å². The third-order valence-corrected chi connectivity index (χ3v) is 2.56.